The first kappa shape index (κ1) is 15.0. The highest BCUT2D eigenvalue weighted by atomic mass is 16.5. The molecule has 2 rings (SSSR count). The number of β-amino-alcohol motifs (C(OH)–C–C–N with tert-alkyl or cyclic N) is 1. The van der Waals surface area contributed by atoms with Gasteiger partial charge in [-0.05, 0) is 6.92 Å². The first-order valence-corrected chi connectivity index (χ1v) is 6.64. The summed E-state index contributed by atoms with van der Waals surface area (Å²) < 4.78 is 5.35. The molecule has 0 radical (unpaired) electrons. The van der Waals surface area contributed by atoms with Gasteiger partial charge < -0.3 is 29.9 Å². The maximum Gasteiger partial charge on any atom is 0.326 e. The summed E-state index contributed by atoms with van der Waals surface area (Å²) in [6.07, 6.45) is -1.22. The van der Waals surface area contributed by atoms with Crippen LogP contribution in [-0.2, 0) is 9.53 Å². The van der Waals surface area contributed by atoms with E-state index in [1.165, 1.54) is 9.80 Å². The molecule has 114 valence electrons. The van der Waals surface area contributed by atoms with E-state index in [9.17, 15) is 14.7 Å². The van der Waals surface area contributed by atoms with Gasteiger partial charge in [0.25, 0.3) is 0 Å². The van der Waals surface area contributed by atoms with Crippen LogP contribution < -0.4 is 0 Å². The number of hydrogen-bond acceptors (Lipinski definition) is 5. The van der Waals surface area contributed by atoms with Crippen LogP contribution in [0.1, 0.15) is 13.3 Å². The highest BCUT2D eigenvalue weighted by molar-refractivity contribution is 5.83. The standard InChI is InChI=1S/C12H20N2O6/c1-7-6-20-9(5-15)4-13(7)12(19)14-3-8(16)2-10(14)11(17)18/h7-10,15-16H,2-6H2,1H3,(H,17,18)/t7?,8-,9?,10-/m1/s1. The van der Waals surface area contributed by atoms with Crippen LogP contribution in [0.15, 0.2) is 0 Å². The molecule has 0 aromatic rings. The molecule has 8 nitrogen and oxygen atoms in total. The summed E-state index contributed by atoms with van der Waals surface area (Å²) in [6, 6.07) is -1.62. The van der Waals surface area contributed by atoms with E-state index in [1.807, 2.05) is 0 Å². The number of aliphatic hydroxyl groups is 2. The third-order valence-electron chi connectivity index (χ3n) is 3.76. The number of ether oxygens (including phenoxy) is 1. The zero-order valence-corrected chi connectivity index (χ0v) is 11.3. The molecular formula is C12H20N2O6. The fraction of sp³-hybridized carbons (Fsp3) is 0.833. The van der Waals surface area contributed by atoms with Crippen molar-refractivity contribution < 1.29 is 29.6 Å². The quantitative estimate of drug-likeness (QED) is 0.583. The molecule has 0 aliphatic carbocycles. The average molecular weight is 288 g/mol. The fourth-order valence-corrected chi connectivity index (χ4v) is 2.62. The molecule has 2 saturated heterocycles. The number of aliphatic hydroxyl groups excluding tert-OH is 2. The van der Waals surface area contributed by atoms with E-state index < -0.39 is 30.3 Å². The number of urea groups is 1. The molecule has 2 amide bonds. The second-order valence-electron chi connectivity index (χ2n) is 5.32. The molecule has 0 spiro atoms. The van der Waals surface area contributed by atoms with E-state index in [0.717, 1.165) is 0 Å². The molecule has 2 fully saturated rings. The van der Waals surface area contributed by atoms with E-state index in [4.69, 9.17) is 14.9 Å². The maximum atomic E-state index is 12.5. The maximum absolute atomic E-state index is 12.5. The molecule has 3 N–H and O–H groups in total. The van der Waals surface area contributed by atoms with Gasteiger partial charge in [0.05, 0.1) is 38.0 Å². The smallest absolute Gasteiger partial charge is 0.326 e. The molecule has 4 atom stereocenters. The number of likely N-dealkylation sites (tertiary alicyclic amines) is 1. The lowest BCUT2D eigenvalue weighted by Crippen LogP contribution is -2.57. The molecule has 2 unspecified atom stereocenters. The first-order chi connectivity index (χ1) is 9.43. The Kier molecular flexibility index (Phi) is 4.46. The number of hydrogen-bond donors (Lipinski definition) is 3. The lowest BCUT2D eigenvalue weighted by molar-refractivity contribution is -0.141. The molecular weight excluding hydrogens is 268 g/mol. The van der Waals surface area contributed by atoms with Crippen molar-refractivity contribution in [1.29, 1.82) is 0 Å². The predicted molar refractivity (Wildman–Crippen MR) is 67.1 cm³/mol. The molecule has 0 aromatic heterocycles. The Balaban J connectivity index is 2.10. The Morgan fingerprint density at radius 1 is 1.30 bits per heavy atom. The van der Waals surface area contributed by atoms with Crippen molar-refractivity contribution in [2.75, 3.05) is 26.3 Å². The summed E-state index contributed by atoms with van der Waals surface area (Å²) in [6.45, 7) is 2.14. The highest BCUT2D eigenvalue weighted by Crippen LogP contribution is 2.22. The number of morpholine rings is 1. The topological polar surface area (TPSA) is 111 Å². The number of carboxylic acids is 1. The van der Waals surface area contributed by atoms with Crippen LogP contribution in [0.2, 0.25) is 0 Å². The first-order valence-electron chi connectivity index (χ1n) is 6.64. The van der Waals surface area contributed by atoms with Crippen molar-refractivity contribution in [3.05, 3.63) is 0 Å². The van der Waals surface area contributed by atoms with Crippen LogP contribution in [0.25, 0.3) is 0 Å². The average Bonchev–Trinajstić information content (AvgIpc) is 2.81. The van der Waals surface area contributed by atoms with E-state index in [1.54, 1.807) is 6.92 Å². The summed E-state index contributed by atoms with van der Waals surface area (Å²) in [5.41, 5.74) is 0. The second kappa shape index (κ2) is 5.94. The molecule has 2 aliphatic rings. The van der Waals surface area contributed by atoms with Crippen LogP contribution in [0.4, 0.5) is 4.79 Å². The highest BCUT2D eigenvalue weighted by Gasteiger charge is 2.42. The van der Waals surface area contributed by atoms with Crippen LogP contribution in [0.5, 0.6) is 0 Å². The minimum Gasteiger partial charge on any atom is -0.480 e. The Morgan fingerprint density at radius 3 is 2.60 bits per heavy atom. The van der Waals surface area contributed by atoms with Gasteiger partial charge in [0.1, 0.15) is 6.04 Å². The number of carbonyl (C=O) groups is 2. The van der Waals surface area contributed by atoms with Crippen molar-refractivity contribution in [2.24, 2.45) is 0 Å². The minimum absolute atomic E-state index is 0.0175. The van der Waals surface area contributed by atoms with Crippen molar-refractivity contribution in [3.63, 3.8) is 0 Å². The van der Waals surface area contributed by atoms with Gasteiger partial charge in [0.2, 0.25) is 0 Å². The number of rotatable bonds is 2. The molecule has 0 aromatic carbocycles. The van der Waals surface area contributed by atoms with Gasteiger partial charge in [0, 0.05) is 13.0 Å². The third-order valence-corrected chi connectivity index (χ3v) is 3.76. The summed E-state index contributed by atoms with van der Waals surface area (Å²) in [7, 11) is 0. The molecule has 2 heterocycles. The molecule has 2 aliphatic heterocycles. The van der Waals surface area contributed by atoms with Crippen LogP contribution in [0.3, 0.4) is 0 Å². The minimum atomic E-state index is -1.12. The largest absolute Gasteiger partial charge is 0.480 e. The Labute approximate surface area is 116 Å². The van der Waals surface area contributed by atoms with E-state index in [-0.39, 0.29) is 32.2 Å². The van der Waals surface area contributed by atoms with Gasteiger partial charge in [-0.3, -0.25) is 0 Å². The lowest BCUT2D eigenvalue weighted by Gasteiger charge is -2.40. The number of aliphatic carboxylic acids is 1. The lowest BCUT2D eigenvalue weighted by atomic mass is 10.2. The van der Waals surface area contributed by atoms with Crippen molar-refractivity contribution >= 4 is 12.0 Å². The fourth-order valence-electron chi connectivity index (χ4n) is 2.62. The number of nitrogens with zero attached hydrogens (tertiary/aromatic N) is 2. The third kappa shape index (κ3) is 2.87. The zero-order valence-electron chi connectivity index (χ0n) is 11.3. The Morgan fingerprint density at radius 2 is 2.00 bits per heavy atom. The summed E-state index contributed by atoms with van der Waals surface area (Å²) in [4.78, 5) is 26.3. The van der Waals surface area contributed by atoms with Gasteiger partial charge in [-0.15, -0.1) is 0 Å². The van der Waals surface area contributed by atoms with Crippen molar-refractivity contribution in [3.8, 4) is 0 Å². The van der Waals surface area contributed by atoms with E-state index >= 15 is 0 Å². The van der Waals surface area contributed by atoms with Gasteiger partial charge in [-0.1, -0.05) is 0 Å². The van der Waals surface area contributed by atoms with Gasteiger partial charge in [0.15, 0.2) is 0 Å². The SMILES string of the molecule is CC1COC(CO)CN1C(=O)N1C[C@H](O)C[C@@H]1C(=O)O. The normalized spacial score (nSPS) is 34.4. The van der Waals surface area contributed by atoms with Crippen LogP contribution in [0, 0.1) is 0 Å². The van der Waals surface area contributed by atoms with Crippen LogP contribution in [-0.4, -0.2) is 87.7 Å². The Bertz CT molecular complexity index is 390. The molecule has 0 saturated carbocycles. The van der Waals surface area contributed by atoms with Gasteiger partial charge >= 0.3 is 12.0 Å². The summed E-state index contributed by atoms with van der Waals surface area (Å²) in [5.74, 6) is -1.12. The zero-order chi connectivity index (χ0) is 14.9. The summed E-state index contributed by atoms with van der Waals surface area (Å²) >= 11 is 0. The monoisotopic (exact) mass is 288 g/mol. The molecule has 20 heavy (non-hydrogen) atoms. The molecule has 8 heteroatoms. The van der Waals surface area contributed by atoms with Gasteiger partial charge in [-0.2, -0.15) is 0 Å². The molecule has 0 bridgehead atoms. The number of carbonyl (C=O) groups excluding carboxylic acids is 1. The van der Waals surface area contributed by atoms with Crippen molar-refractivity contribution in [2.45, 2.75) is 37.6 Å². The number of carboxylic acid groups (broad SMARTS) is 1. The number of amides is 2. The van der Waals surface area contributed by atoms with E-state index in [0.29, 0.717) is 6.61 Å². The van der Waals surface area contributed by atoms with Crippen molar-refractivity contribution in [1.82, 2.24) is 9.80 Å². The predicted octanol–water partition coefficient (Wildman–Crippen LogP) is -1.29. The second-order valence-corrected chi connectivity index (χ2v) is 5.32. The van der Waals surface area contributed by atoms with E-state index in [2.05, 4.69) is 0 Å². The summed E-state index contributed by atoms with van der Waals surface area (Å²) in [5, 5.41) is 27.8. The Hall–Kier alpha value is -1.38. The van der Waals surface area contributed by atoms with Crippen LogP contribution >= 0.6 is 0 Å². The van der Waals surface area contributed by atoms with Gasteiger partial charge in [-0.25, -0.2) is 9.59 Å².